The third kappa shape index (κ3) is 5.03. The third-order valence-corrected chi connectivity index (χ3v) is 4.19. The molecule has 0 radical (unpaired) electrons. The van der Waals surface area contributed by atoms with Crippen molar-refractivity contribution in [2.24, 2.45) is 11.3 Å². The zero-order valence-electron chi connectivity index (χ0n) is 14.1. The molecule has 0 amide bonds. The molecule has 1 N–H and O–H groups in total. The minimum atomic E-state index is -0.304. The van der Waals surface area contributed by atoms with Gasteiger partial charge in [-0.2, -0.15) is 0 Å². The van der Waals surface area contributed by atoms with Gasteiger partial charge in [0.2, 0.25) is 0 Å². The molecule has 1 aliphatic rings. The molecule has 1 unspecified atom stereocenters. The second-order valence-corrected chi connectivity index (χ2v) is 8.36. The van der Waals surface area contributed by atoms with Crippen LogP contribution in [0.3, 0.4) is 0 Å². The Bertz CT molecular complexity index is 449. The highest BCUT2D eigenvalue weighted by molar-refractivity contribution is 5.31. The van der Waals surface area contributed by atoms with Crippen molar-refractivity contribution in [3.8, 4) is 5.75 Å². The van der Waals surface area contributed by atoms with Crippen LogP contribution in [0, 0.1) is 11.3 Å². The molecule has 0 spiro atoms. The molecule has 0 saturated heterocycles. The fraction of sp³-hybridized carbons (Fsp3) is 0.684. The lowest BCUT2D eigenvalue weighted by atomic mass is 9.72. The predicted octanol–water partition coefficient (Wildman–Crippen LogP) is 4.55. The Labute approximate surface area is 129 Å². The Morgan fingerprint density at radius 2 is 1.67 bits per heavy atom. The van der Waals surface area contributed by atoms with Crippen LogP contribution in [0.4, 0.5) is 0 Å². The Hall–Kier alpha value is -1.02. The second-order valence-electron chi connectivity index (χ2n) is 8.36. The van der Waals surface area contributed by atoms with Gasteiger partial charge >= 0.3 is 0 Å². The summed E-state index contributed by atoms with van der Waals surface area (Å²) in [6.45, 7) is 11.9. The van der Waals surface area contributed by atoms with Crippen molar-refractivity contribution < 1.29 is 9.84 Å². The van der Waals surface area contributed by atoms with Gasteiger partial charge in [0.25, 0.3) is 0 Å². The second kappa shape index (κ2) is 6.00. The van der Waals surface area contributed by atoms with Gasteiger partial charge < -0.3 is 9.84 Å². The lowest BCUT2D eigenvalue weighted by Crippen LogP contribution is -2.24. The van der Waals surface area contributed by atoms with E-state index in [1.807, 2.05) is 12.1 Å². The molecule has 2 nitrogen and oxygen atoms in total. The van der Waals surface area contributed by atoms with Crippen LogP contribution in [0.5, 0.6) is 5.75 Å². The normalized spacial score (nSPS) is 17.6. The summed E-state index contributed by atoms with van der Waals surface area (Å²) in [5.74, 6) is 1.32. The molecule has 2 heteroatoms. The number of ether oxygens (including phenoxy) is 1. The van der Waals surface area contributed by atoms with Crippen LogP contribution < -0.4 is 4.74 Å². The van der Waals surface area contributed by atoms with Crippen LogP contribution in [0.2, 0.25) is 0 Å². The van der Waals surface area contributed by atoms with E-state index in [2.05, 4.69) is 46.8 Å². The Kier molecular flexibility index (Phi) is 4.67. The maximum absolute atomic E-state index is 9.84. The molecule has 1 aliphatic carbocycles. The minimum absolute atomic E-state index is 0.157. The number of aliphatic hydroxyl groups excluding tert-OH is 1. The third-order valence-electron chi connectivity index (χ3n) is 4.19. The Balaban J connectivity index is 1.94. The molecular formula is C19H30O2. The lowest BCUT2D eigenvalue weighted by Gasteiger charge is -2.33. The molecule has 1 aromatic carbocycles. The SMILES string of the molecule is CC(C)(C)CC(C)(C)c1ccc(OCC(O)C2CC2)cc1. The van der Waals surface area contributed by atoms with Gasteiger partial charge in [0, 0.05) is 0 Å². The van der Waals surface area contributed by atoms with Crippen molar-refractivity contribution in [2.45, 2.75) is 65.4 Å². The van der Waals surface area contributed by atoms with Gasteiger partial charge in [-0.25, -0.2) is 0 Å². The zero-order chi connectivity index (χ0) is 15.7. The molecule has 1 atom stereocenters. The topological polar surface area (TPSA) is 29.5 Å². The summed E-state index contributed by atoms with van der Waals surface area (Å²) in [6, 6.07) is 8.37. The summed E-state index contributed by atoms with van der Waals surface area (Å²) in [5, 5.41) is 9.84. The molecule has 0 bridgehead atoms. The molecule has 1 saturated carbocycles. The summed E-state index contributed by atoms with van der Waals surface area (Å²) < 4.78 is 5.69. The van der Waals surface area contributed by atoms with Crippen molar-refractivity contribution in [2.75, 3.05) is 6.61 Å². The summed E-state index contributed by atoms with van der Waals surface area (Å²) in [7, 11) is 0. The number of hydrogen-bond donors (Lipinski definition) is 1. The van der Waals surface area contributed by atoms with Crippen molar-refractivity contribution in [3.05, 3.63) is 29.8 Å². The van der Waals surface area contributed by atoms with Crippen molar-refractivity contribution in [3.63, 3.8) is 0 Å². The first-order chi connectivity index (χ1) is 9.67. The van der Waals surface area contributed by atoms with E-state index in [-0.39, 0.29) is 11.5 Å². The van der Waals surface area contributed by atoms with E-state index in [1.54, 1.807) is 0 Å². The number of aliphatic hydroxyl groups is 1. The fourth-order valence-electron chi connectivity index (χ4n) is 3.23. The van der Waals surface area contributed by atoms with Crippen LogP contribution in [0.1, 0.15) is 59.4 Å². The lowest BCUT2D eigenvalue weighted by molar-refractivity contribution is 0.0894. The Morgan fingerprint density at radius 3 is 2.14 bits per heavy atom. The highest BCUT2D eigenvalue weighted by Crippen LogP contribution is 2.37. The average Bonchev–Trinajstić information content (AvgIpc) is 3.17. The maximum atomic E-state index is 9.84. The van der Waals surface area contributed by atoms with E-state index in [1.165, 1.54) is 5.56 Å². The summed E-state index contributed by atoms with van der Waals surface area (Å²) in [6.07, 6.45) is 3.12. The van der Waals surface area contributed by atoms with Crippen molar-refractivity contribution >= 4 is 0 Å². The number of benzene rings is 1. The van der Waals surface area contributed by atoms with Gasteiger partial charge in [-0.15, -0.1) is 0 Å². The van der Waals surface area contributed by atoms with Crippen LogP contribution >= 0.6 is 0 Å². The van der Waals surface area contributed by atoms with E-state index in [0.29, 0.717) is 17.9 Å². The van der Waals surface area contributed by atoms with Crippen LogP contribution in [-0.2, 0) is 5.41 Å². The average molecular weight is 290 g/mol. The largest absolute Gasteiger partial charge is 0.491 e. The first-order valence-electron chi connectivity index (χ1n) is 8.09. The van der Waals surface area contributed by atoms with Crippen molar-refractivity contribution in [1.82, 2.24) is 0 Å². The molecular weight excluding hydrogens is 260 g/mol. The fourth-order valence-corrected chi connectivity index (χ4v) is 3.23. The molecule has 1 fully saturated rings. The highest BCUT2D eigenvalue weighted by Gasteiger charge is 2.30. The predicted molar refractivity (Wildman–Crippen MR) is 87.8 cm³/mol. The first kappa shape index (κ1) is 16.4. The van der Waals surface area contributed by atoms with Gasteiger partial charge in [0.05, 0.1) is 6.10 Å². The smallest absolute Gasteiger partial charge is 0.119 e. The maximum Gasteiger partial charge on any atom is 0.119 e. The first-order valence-corrected chi connectivity index (χ1v) is 8.09. The summed E-state index contributed by atoms with van der Waals surface area (Å²) in [5.41, 5.74) is 1.81. The molecule has 0 aliphatic heterocycles. The standard InChI is InChI=1S/C19H30O2/c1-18(2,3)13-19(4,5)15-8-10-16(11-9-15)21-12-17(20)14-6-7-14/h8-11,14,17,20H,6-7,12-13H2,1-5H3. The highest BCUT2D eigenvalue weighted by atomic mass is 16.5. The monoisotopic (exact) mass is 290 g/mol. The van der Waals surface area contributed by atoms with Crippen LogP contribution in [0.15, 0.2) is 24.3 Å². The Morgan fingerprint density at radius 1 is 1.10 bits per heavy atom. The summed E-state index contributed by atoms with van der Waals surface area (Å²) in [4.78, 5) is 0. The van der Waals surface area contributed by atoms with Crippen LogP contribution in [0.25, 0.3) is 0 Å². The van der Waals surface area contributed by atoms with E-state index in [4.69, 9.17) is 4.74 Å². The molecule has 2 rings (SSSR count). The van der Waals surface area contributed by atoms with Gasteiger partial charge in [0.15, 0.2) is 0 Å². The van der Waals surface area contributed by atoms with Gasteiger partial charge in [0.1, 0.15) is 12.4 Å². The van der Waals surface area contributed by atoms with E-state index in [0.717, 1.165) is 25.0 Å². The van der Waals surface area contributed by atoms with E-state index >= 15 is 0 Å². The van der Waals surface area contributed by atoms with Gasteiger partial charge in [-0.05, 0) is 53.7 Å². The molecule has 0 heterocycles. The molecule has 0 aromatic heterocycles. The number of hydrogen-bond acceptors (Lipinski definition) is 2. The number of rotatable bonds is 6. The summed E-state index contributed by atoms with van der Waals surface area (Å²) >= 11 is 0. The minimum Gasteiger partial charge on any atom is -0.491 e. The van der Waals surface area contributed by atoms with E-state index in [9.17, 15) is 5.11 Å². The zero-order valence-corrected chi connectivity index (χ0v) is 14.1. The van der Waals surface area contributed by atoms with E-state index < -0.39 is 0 Å². The van der Waals surface area contributed by atoms with Crippen molar-refractivity contribution in [1.29, 1.82) is 0 Å². The molecule has 118 valence electrons. The molecule has 21 heavy (non-hydrogen) atoms. The quantitative estimate of drug-likeness (QED) is 0.833. The van der Waals surface area contributed by atoms with Gasteiger partial charge in [-0.1, -0.05) is 46.8 Å². The van der Waals surface area contributed by atoms with Gasteiger partial charge in [-0.3, -0.25) is 0 Å². The molecule has 1 aromatic rings. The van der Waals surface area contributed by atoms with Crippen LogP contribution in [-0.4, -0.2) is 17.8 Å².